The van der Waals surface area contributed by atoms with Gasteiger partial charge in [0.15, 0.2) is 18.5 Å². The highest BCUT2D eigenvalue weighted by atomic mass is 16.7. The molecule has 4 atom stereocenters. The van der Waals surface area contributed by atoms with E-state index in [-0.39, 0.29) is 6.61 Å². The molecule has 0 saturated carbocycles. The van der Waals surface area contributed by atoms with E-state index >= 15 is 0 Å². The summed E-state index contributed by atoms with van der Waals surface area (Å²) in [5.74, 6) is -1.57. The van der Waals surface area contributed by atoms with Gasteiger partial charge in [0.2, 0.25) is 0 Å². The van der Waals surface area contributed by atoms with Crippen molar-refractivity contribution in [1.29, 1.82) is 0 Å². The molecule has 0 N–H and O–H groups in total. The van der Waals surface area contributed by atoms with Gasteiger partial charge in [0.25, 0.3) is 0 Å². The molecule has 168 valence electrons. The maximum absolute atomic E-state index is 11.5. The summed E-state index contributed by atoms with van der Waals surface area (Å²) >= 11 is 0. The first-order valence-electron chi connectivity index (χ1n) is 10.6. The SMILES string of the molecule is CCCCCCCCCCO[C@@H]1O[C@H](COC(C)=O)[C@@H](OC(C)=O)[C@@H]1OC(C)=O. The lowest BCUT2D eigenvalue weighted by molar-refractivity contribution is -0.190. The second-order valence-corrected chi connectivity index (χ2v) is 7.34. The molecule has 1 saturated heterocycles. The van der Waals surface area contributed by atoms with Gasteiger partial charge in [0.1, 0.15) is 12.7 Å². The van der Waals surface area contributed by atoms with Gasteiger partial charge < -0.3 is 23.7 Å². The van der Waals surface area contributed by atoms with E-state index in [1.807, 2.05) is 0 Å². The number of carbonyl (C=O) groups is 3. The van der Waals surface area contributed by atoms with Crippen molar-refractivity contribution in [1.82, 2.24) is 0 Å². The lowest BCUT2D eigenvalue weighted by atomic mass is 10.1. The summed E-state index contributed by atoms with van der Waals surface area (Å²) in [4.78, 5) is 34.1. The molecule has 0 radical (unpaired) electrons. The summed E-state index contributed by atoms with van der Waals surface area (Å²) < 4.78 is 27.1. The Hall–Kier alpha value is -1.67. The molecule has 1 heterocycles. The summed E-state index contributed by atoms with van der Waals surface area (Å²) in [6.45, 7) is 6.30. The Morgan fingerprint density at radius 3 is 1.86 bits per heavy atom. The highest BCUT2D eigenvalue weighted by Crippen LogP contribution is 2.28. The van der Waals surface area contributed by atoms with E-state index in [0.717, 1.165) is 19.3 Å². The van der Waals surface area contributed by atoms with Crippen molar-refractivity contribution in [3.8, 4) is 0 Å². The molecule has 0 unspecified atom stereocenters. The molecule has 8 nitrogen and oxygen atoms in total. The predicted octanol–water partition coefficient (Wildman–Crippen LogP) is 3.30. The Balaban J connectivity index is 2.52. The normalized spacial score (nSPS) is 23.6. The van der Waals surface area contributed by atoms with E-state index in [1.54, 1.807) is 0 Å². The van der Waals surface area contributed by atoms with Crippen LogP contribution in [0.25, 0.3) is 0 Å². The first kappa shape index (κ1) is 25.4. The molecule has 0 amide bonds. The third-order valence-corrected chi connectivity index (χ3v) is 4.60. The third-order valence-electron chi connectivity index (χ3n) is 4.60. The first-order valence-corrected chi connectivity index (χ1v) is 10.6. The second kappa shape index (κ2) is 14.3. The van der Waals surface area contributed by atoms with Gasteiger partial charge >= 0.3 is 17.9 Å². The van der Waals surface area contributed by atoms with Crippen LogP contribution in [-0.4, -0.2) is 55.7 Å². The average Bonchev–Trinajstić information content (AvgIpc) is 2.94. The minimum Gasteiger partial charge on any atom is -0.463 e. The zero-order chi connectivity index (χ0) is 21.6. The minimum atomic E-state index is -0.911. The molecule has 0 aromatic rings. The van der Waals surface area contributed by atoms with Crippen molar-refractivity contribution >= 4 is 17.9 Å². The fraction of sp³-hybridized carbons (Fsp3) is 0.857. The van der Waals surface area contributed by atoms with E-state index in [2.05, 4.69) is 6.92 Å². The number of hydrogen-bond donors (Lipinski definition) is 0. The van der Waals surface area contributed by atoms with Crippen molar-refractivity contribution in [3.63, 3.8) is 0 Å². The van der Waals surface area contributed by atoms with Crippen LogP contribution in [0, 0.1) is 0 Å². The van der Waals surface area contributed by atoms with Crippen molar-refractivity contribution in [2.24, 2.45) is 0 Å². The smallest absolute Gasteiger partial charge is 0.303 e. The molecule has 0 bridgehead atoms. The van der Waals surface area contributed by atoms with Crippen LogP contribution in [0.2, 0.25) is 0 Å². The zero-order valence-corrected chi connectivity index (χ0v) is 18.1. The van der Waals surface area contributed by atoms with Crippen LogP contribution in [0.3, 0.4) is 0 Å². The van der Waals surface area contributed by atoms with Gasteiger partial charge in [-0.3, -0.25) is 14.4 Å². The lowest BCUT2D eigenvalue weighted by Gasteiger charge is -2.23. The Morgan fingerprint density at radius 1 is 0.759 bits per heavy atom. The molecule has 0 aliphatic carbocycles. The maximum Gasteiger partial charge on any atom is 0.303 e. The molecule has 8 heteroatoms. The monoisotopic (exact) mass is 416 g/mol. The molecule has 1 fully saturated rings. The molecular formula is C21H36O8. The van der Waals surface area contributed by atoms with E-state index in [1.165, 1.54) is 52.9 Å². The summed E-state index contributed by atoms with van der Waals surface area (Å²) in [6, 6.07) is 0. The number of hydrogen-bond acceptors (Lipinski definition) is 8. The van der Waals surface area contributed by atoms with Crippen LogP contribution in [0.5, 0.6) is 0 Å². The number of rotatable bonds is 14. The lowest BCUT2D eigenvalue weighted by Crippen LogP contribution is -2.41. The summed E-state index contributed by atoms with van der Waals surface area (Å²) in [7, 11) is 0. The van der Waals surface area contributed by atoms with Gasteiger partial charge in [-0.05, 0) is 6.42 Å². The molecule has 29 heavy (non-hydrogen) atoms. The van der Waals surface area contributed by atoms with Crippen LogP contribution >= 0.6 is 0 Å². The van der Waals surface area contributed by atoms with E-state index in [9.17, 15) is 14.4 Å². The molecule has 0 spiro atoms. The van der Waals surface area contributed by atoms with Crippen LogP contribution in [0.1, 0.15) is 79.1 Å². The van der Waals surface area contributed by atoms with Crippen LogP contribution in [0.15, 0.2) is 0 Å². The van der Waals surface area contributed by atoms with Crippen LogP contribution < -0.4 is 0 Å². The van der Waals surface area contributed by atoms with Gasteiger partial charge in [-0.2, -0.15) is 0 Å². The zero-order valence-electron chi connectivity index (χ0n) is 18.1. The van der Waals surface area contributed by atoms with Gasteiger partial charge in [0.05, 0.1) is 0 Å². The van der Waals surface area contributed by atoms with Crippen molar-refractivity contribution in [2.75, 3.05) is 13.2 Å². The molecule has 0 aromatic heterocycles. The summed E-state index contributed by atoms with van der Waals surface area (Å²) in [6.07, 6.45) is 5.88. The molecule has 1 rings (SSSR count). The van der Waals surface area contributed by atoms with Crippen LogP contribution in [0.4, 0.5) is 0 Å². The van der Waals surface area contributed by atoms with E-state index in [4.69, 9.17) is 23.7 Å². The first-order chi connectivity index (χ1) is 13.8. The van der Waals surface area contributed by atoms with Crippen LogP contribution in [-0.2, 0) is 38.1 Å². The maximum atomic E-state index is 11.5. The second-order valence-electron chi connectivity index (χ2n) is 7.34. The number of unbranched alkanes of at least 4 members (excludes halogenated alkanes) is 7. The average molecular weight is 417 g/mol. The van der Waals surface area contributed by atoms with E-state index in [0.29, 0.717) is 6.61 Å². The summed E-state index contributed by atoms with van der Waals surface area (Å²) in [5, 5.41) is 0. The van der Waals surface area contributed by atoms with Crippen molar-refractivity contribution < 1.29 is 38.1 Å². The van der Waals surface area contributed by atoms with Gasteiger partial charge in [-0.25, -0.2) is 0 Å². The predicted molar refractivity (Wildman–Crippen MR) is 105 cm³/mol. The number of esters is 3. The highest BCUT2D eigenvalue weighted by molar-refractivity contribution is 5.67. The van der Waals surface area contributed by atoms with E-state index < -0.39 is 42.5 Å². The number of ether oxygens (including phenoxy) is 5. The largest absolute Gasteiger partial charge is 0.463 e. The molecule has 1 aliphatic heterocycles. The van der Waals surface area contributed by atoms with Crippen molar-refractivity contribution in [2.45, 2.75) is 104 Å². The minimum absolute atomic E-state index is 0.122. The Morgan fingerprint density at radius 2 is 1.31 bits per heavy atom. The van der Waals surface area contributed by atoms with Crippen molar-refractivity contribution in [3.05, 3.63) is 0 Å². The fourth-order valence-corrected chi connectivity index (χ4v) is 3.25. The third kappa shape index (κ3) is 10.6. The Labute approximate surface area is 173 Å². The molecule has 0 aromatic carbocycles. The quantitative estimate of drug-likeness (QED) is 0.242. The fourth-order valence-electron chi connectivity index (χ4n) is 3.25. The Kier molecular flexibility index (Phi) is 12.5. The molecular weight excluding hydrogens is 380 g/mol. The number of carbonyl (C=O) groups excluding carboxylic acids is 3. The topological polar surface area (TPSA) is 97.4 Å². The molecule has 1 aliphatic rings. The summed E-state index contributed by atoms with van der Waals surface area (Å²) in [5.41, 5.74) is 0. The highest BCUT2D eigenvalue weighted by Gasteiger charge is 2.50. The van der Waals surface area contributed by atoms with Gasteiger partial charge in [-0.15, -0.1) is 0 Å². The van der Waals surface area contributed by atoms with Gasteiger partial charge in [0, 0.05) is 27.4 Å². The van der Waals surface area contributed by atoms with Gasteiger partial charge in [-0.1, -0.05) is 51.9 Å². The Bertz CT molecular complexity index is 507. The standard InChI is InChI=1S/C21H36O8/c1-5-6-7-8-9-10-11-12-13-25-21-20(28-17(4)24)19(27-16(3)23)18(29-21)14-26-15(2)22/h18-21H,5-14H2,1-4H3/t18-,19-,20+,21-/m1/s1.